The van der Waals surface area contributed by atoms with Crippen molar-refractivity contribution in [2.24, 2.45) is 5.14 Å². The summed E-state index contributed by atoms with van der Waals surface area (Å²) < 4.78 is 109. The molecule has 0 radical (unpaired) electrons. The Kier molecular flexibility index (Phi) is 4.53. The second-order valence-corrected chi connectivity index (χ2v) is 7.08. The zero-order valence-electron chi connectivity index (χ0n) is 24.4. The van der Waals surface area contributed by atoms with Gasteiger partial charge in [-0.15, -0.1) is 0 Å². The molecule has 7 nitrogen and oxygen atoms in total. The highest BCUT2D eigenvalue weighted by Gasteiger charge is 2.16. The van der Waals surface area contributed by atoms with Crippen LogP contribution in [-0.4, -0.2) is 41.2 Å². The Balaban J connectivity index is 2.20. The molecule has 2 aromatic carbocycles. The normalized spacial score (nSPS) is 19.2. The molecule has 2 rings (SSSR count). The van der Waals surface area contributed by atoms with E-state index in [2.05, 4.69) is 5.32 Å². The van der Waals surface area contributed by atoms with Gasteiger partial charge in [-0.3, -0.25) is 0 Å². The van der Waals surface area contributed by atoms with Crippen LogP contribution in [0.2, 0.25) is 0 Å². The first-order valence-corrected chi connectivity index (χ1v) is 9.68. The van der Waals surface area contributed by atoms with Gasteiger partial charge >= 0.3 is 0 Å². The number of benzene rings is 2. The van der Waals surface area contributed by atoms with Crippen LogP contribution in [0.4, 0.5) is 0 Å². The third-order valence-corrected chi connectivity index (χ3v) is 4.46. The van der Waals surface area contributed by atoms with Gasteiger partial charge < -0.3 is 19.5 Å². The lowest BCUT2D eigenvalue weighted by Crippen LogP contribution is -2.32. The fourth-order valence-electron chi connectivity index (χ4n) is 2.27. The van der Waals surface area contributed by atoms with Gasteiger partial charge in [-0.1, -0.05) is 18.2 Å². The third-order valence-electron chi connectivity index (χ3n) is 3.53. The van der Waals surface area contributed by atoms with Gasteiger partial charge in [0.05, 0.1) is 19.2 Å². The minimum atomic E-state index is -4.22. The van der Waals surface area contributed by atoms with Crippen molar-refractivity contribution in [2.75, 3.05) is 26.8 Å². The number of hydrogen-bond acceptors (Lipinski definition) is 6. The number of nitrogens with two attached hydrogens (primary N) is 1. The number of ether oxygens (including phenoxy) is 3. The lowest BCUT2D eigenvalue weighted by molar-refractivity contribution is 0.272. The van der Waals surface area contributed by atoms with Gasteiger partial charge in [0.2, 0.25) is 10.0 Å². The third kappa shape index (κ3) is 6.40. The topological polar surface area (TPSA) is 99.9 Å². The second-order valence-electron chi connectivity index (χ2n) is 5.55. The van der Waals surface area contributed by atoms with Gasteiger partial charge in [-0.25, -0.2) is 13.6 Å². The molecule has 0 aliphatic rings. The monoisotopic (exact) mass is 417 g/mol. The Bertz CT molecular complexity index is 1210. The van der Waals surface area contributed by atoms with E-state index in [1.807, 2.05) is 0 Å². The number of nitrogens with one attached hydrogen (secondary N) is 1. The maximum atomic E-state index is 11.9. The fourth-order valence-corrected chi connectivity index (χ4v) is 3.00. The van der Waals surface area contributed by atoms with Crippen LogP contribution in [-0.2, 0) is 16.4 Å². The lowest BCUT2D eigenvalue weighted by atomic mass is 10.1. The summed E-state index contributed by atoms with van der Waals surface area (Å²) in [7, 11) is -2.98. The molecule has 28 heavy (non-hydrogen) atoms. The van der Waals surface area contributed by atoms with E-state index < -0.39 is 53.8 Å². The molecule has 3 N–H and O–H groups in total. The number of rotatable bonds is 11. The van der Waals surface area contributed by atoms with Gasteiger partial charge in [0.25, 0.3) is 0 Å². The fraction of sp³-hybridized carbons (Fsp3) is 0.400. The largest absolute Gasteiger partial charge is 0.495 e. The van der Waals surface area contributed by atoms with Crippen LogP contribution in [0.5, 0.6) is 17.2 Å². The highest BCUT2D eigenvalue weighted by Crippen LogP contribution is 2.26. The molecule has 0 heterocycles. The summed E-state index contributed by atoms with van der Waals surface area (Å²) in [6.07, 6.45) is -2.20. The van der Waals surface area contributed by atoms with Crippen molar-refractivity contribution < 1.29 is 35.0 Å². The summed E-state index contributed by atoms with van der Waals surface area (Å²) in [6.45, 7) is -7.82. The lowest BCUT2D eigenvalue weighted by Gasteiger charge is -2.16. The minimum Gasteiger partial charge on any atom is -0.495 e. The molecule has 0 spiro atoms. The van der Waals surface area contributed by atoms with E-state index in [-0.39, 0.29) is 22.8 Å². The molecular weight excluding hydrogens is 380 g/mol. The van der Waals surface area contributed by atoms with Gasteiger partial charge in [0.1, 0.15) is 17.2 Å². The van der Waals surface area contributed by atoms with Gasteiger partial charge in [0, 0.05) is 19.4 Å². The predicted molar refractivity (Wildman–Crippen MR) is 109 cm³/mol. The Hall–Kier alpha value is -2.29. The van der Waals surface area contributed by atoms with E-state index in [4.69, 9.17) is 31.7 Å². The molecule has 0 saturated carbocycles. The van der Waals surface area contributed by atoms with E-state index in [1.165, 1.54) is 50.4 Å². The van der Waals surface area contributed by atoms with Gasteiger partial charge in [0.15, 0.2) is 11.5 Å². The average Bonchev–Trinajstić information content (AvgIpc) is 2.76. The standard InChI is InChI=1S/C20H28N2O5S/c1-4-26-17-7-5-6-8-18(17)27-12-11-22-15(2)13-16-9-10-19(25-3)20(14-16)28(21,23)24/h5-10,14-15,22H,4,11-13H2,1-3H3,(H2,21,23,24)/t15-/m1/s1/i1D3,4D2,12D2,13D2. The van der Waals surface area contributed by atoms with E-state index in [1.54, 1.807) is 0 Å². The van der Waals surface area contributed by atoms with E-state index >= 15 is 0 Å². The molecule has 1 atom stereocenters. The van der Waals surface area contributed by atoms with Crippen molar-refractivity contribution >= 4 is 10.0 Å². The molecule has 0 amide bonds. The number of primary sulfonamides is 1. The summed E-state index contributed by atoms with van der Waals surface area (Å²) in [5, 5.41) is 7.88. The van der Waals surface area contributed by atoms with Crippen molar-refractivity contribution in [1.82, 2.24) is 5.32 Å². The predicted octanol–water partition coefficient (Wildman–Crippen LogP) is 2.34. The van der Waals surface area contributed by atoms with Gasteiger partial charge in [-0.2, -0.15) is 0 Å². The van der Waals surface area contributed by atoms with Crippen molar-refractivity contribution in [2.45, 2.75) is 31.1 Å². The molecular formula is C20H28N2O5S. The van der Waals surface area contributed by atoms with Crippen LogP contribution in [0.25, 0.3) is 0 Å². The van der Waals surface area contributed by atoms with Crippen LogP contribution in [0.1, 0.15) is 31.7 Å². The first-order valence-electron chi connectivity index (χ1n) is 12.6. The molecule has 154 valence electrons. The van der Waals surface area contributed by atoms with Crippen molar-refractivity contribution in [1.29, 1.82) is 0 Å². The molecule has 0 saturated heterocycles. The summed E-state index contributed by atoms with van der Waals surface area (Å²) in [5.41, 5.74) is -0.0514. The first kappa shape index (κ1) is 12.3. The number of hydrogen-bond donors (Lipinski definition) is 2. The highest BCUT2D eigenvalue weighted by atomic mass is 32.2. The first-order chi connectivity index (χ1) is 16.7. The van der Waals surface area contributed by atoms with E-state index in [0.29, 0.717) is 0 Å². The quantitative estimate of drug-likeness (QED) is 0.582. The molecule has 0 bridgehead atoms. The number of sulfonamides is 1. The summed E-state index contributed by atoms with van der Waals surface area (Å²) in [5.74, 6) is -0.674. The molecule has 0 unspecified atom stereocenters. The van der Waals surface area contributed by atoms with Crippen molar-refractivity contribution in [3.05, 3.63) is 48.0 Å². The van der Waals surface area contributed by atoms with Crippen LogP contribution < -0.4 is 24.7 Å². The average molecular weight is 418 g/mol. The van der Waals surface area contributed by atoms with Crippen molar-refractivity contribution in [3.8, 4) is 17.2 Å². The maximum Gasteiger partial charge on any atom is 0.241 e. The zero-order chi connectivity index (χ0) is 28.4. The number of para-hydroxylation sites is 2. The molecule has 0 aromatic heterocycles. The van der Waals surface area contributed by atoms with Crippen LogP contribution in [0, 0.1) is 0 Å². The smallest absolute Gasteiger partial charge is 0.241 e. The van der Waals surface area contributed by atoms with Crippen LogP contribution in [0.3, 0.4) is 0 Å². The highest BCUT2D eigenvalue weighted by molar-refractivity contribution is 7.89. The Morgan fingerprint density at radius 1 is 1.18 bits per heavy atom. The van der Waals surface area contributed by atoms with Crippen LogP contribution >= 0.6 is 0 Å². The Morgan fingerprint density at radius 2 is 1.89 bits per heavy atom. The Labute approximate surface area is 179 Å². The van der Waals surface area contributed by atoms with E-state index in [9.17, 15) is 8.42 Å². The molecule has 8 heteroatoms. The van der Waals surface area contributed by atoms with Crippen LogP contribution in [0.15, 0.2) is 47.4 Å². The molecule has 0 fully saturated rings. The molecule has 0 aliphatic carbocycles. The Morgan fingerprint density at radius 3 is 2.54 bits per heavy atom. The SMILES string of the molecule is [2H]C([2H])(CN[C@H](C)C([2H])([2H])c1ccc(OC)c(S(N)(=O)=O)c1)Oc1ccccc1OC([2H])([2H])C([2H])([2H])[2H]. The number of methoxy groups -OCH3 is 1. The second kappa shape index (κ2) is 10.3. The summed E-state index contributed by atoms with van der Waals surface area (Å²) >= 11 is 0. The summed E-state index contributed by atoms with van der Waals surface area (Å²) in [4.78, 5) is -0.407. The zero-order valence-corrected chi connectivity index (χ0v) is 16.2. The summed E-state index contributed by atoms with van der Waals surface area (Å²) in [6, 6.07) is 7.92. The molecule has 0 aliphatic heterocycles. The maximum absolute atomic E-state index is 11.9. The van der Waals surface area contributed by atoms with Crippen molar-refractivity contribution in [3.63, 3.8) is 0 Å². The van der Waals surface area contributed by atoms with E-state index in [0.717, 1.165) is 6.07 Å². The molecule has 2 aromatic rings. The van der Waals surface area contributed by atoms with Gasteiger partial charge in [-0.05, 0) is 50.0 Å². The minimum absolute atomic E-state index is 0.0514.